The smallest absolute Gasteiger partial charge is 0.136 e. The summed E-state index contributed by atoms with van der Waals surface area (Å²) in [6.45, 7) is 0. The molecular weight excluding hydrogens is 124 g/mol. The van der Waals surface area contributed by atoms with Crippen molar-refractivity contribution in [2.75, 3.05) is 0 Å². The summed E-state index contributed by atoms with van der Waals surface area (Å²) >= 11 is 0. The molecule has 4 atom stereocenters. The van der Waals surface area contributed by atoms with Crippen LogP contribution >= 0.6 is 0 Å². The summed E-state index contributed by atoms with van der Waals surface area (Å²) < 4.78 is 0. The first-order valence-corrected chi connectivity index (χ1v) is 4.39. The van der Waals surface area contributed by atoms with Crippen molar-refractivity contribution < 1.29 is 4.79 Å². The Kier molecular flexibility index (Phi) is 0.781. The average molecular weight is 136 g/mol. The van der Waals surface area contributed by atoms with Gasteiger partial charge in [0.15, 0.2) is 0 Å². The van der Waals surface area contributed by atoms with Gasteiger partial charge in [0.1, 0.15) is 5.78 Å². The molecule has 0 radical (unpaired) electrons. The van der Waals surface area contributed by atoms with Crippen LogP contribution in [-0.2, 0) is 4.79 Å². The Hall–Kier alpha value is -0.330. The highest BCUT2D eigenvalue weighted by Gasteiger charge is 2.56. The maximum absolute atomic E-state index is 11.2. The van der Waals surface area contributed by atoms with Crippen LogP contribution in [0.4, 0.5) is 0 Å². The van der Waals surface area contributed by atoms with E-state index < -0.39 is 0 Å². The van der Waals surface area contributed by atoms with Crippen LogP contribution in [-0.4, -0.2) is 5.78 Å². The molecule has 3 saturated carbocycles. The minimum atomic E-state index is 0.539. The van der Waals surface area contributed by atoms with Gasteiger partial charge in [-0.15, -0.1) is 0 Å². The lowest BCUT2D eigenvalue weighted by atomic mass is 9.67. The molecule has 54 valence electrons. The highest BCUT2D eigenvalue weighted by Crippen LogP contribution is 2.60. The SMILES string of the molecule is O=C1CC2CCC3CC1C23. The van der Waals surface area contributed by atoms with E-state index >= 15 is 0 Å². The zero-order chi connectivity index (χ0) is 6.72. The van der Waals surface area contributed by atoms with E-state index in [1.165, 1.54) is 19.3 Å². The number of carbonyl (C=O) groups excluding carboxylic acids is 1. The van der Waals surface area contributed by atoms with Gasteiger partial charge < -0.3 is 0 Å². The molecule has 3 aliphatic carbocycles. The van der Waals surface area contributed by atoms with Gasteiger partial charge in [-0.2, -0.15) is 0 Å². The summed E-state index contributed by atoms with van der Waals surface area (Å²) in [4.78, 5) is 11.2. The van der Waals surface area contributed by atoms with Crippen LogP contribution in [0, 0.1) is 23.7 Å². The summed E-state index contributed by atoms with van der Waals surface area (Å²) in [6.07, 6.45) is 4.97. The van der Waals surface area contributed by atoms with E-state index in [1.807, 2.05) is 0 Å². The molecule has 1 nitrogen and oxygen atoms in total. The molecule has 0 saturated heterocycles. The molecule has 1 heteroatoms. The third-order valence-corrected chi connectivity index (χ3v) is 3.90. The zero-order valence-electron chi connectivity index (χ0n) is 6.05. The van der Waals surface area contributed by atoms with Crippen LogP contribution in [0.3, 0.4) is 0 Å². The largest absolute Gasteiger partial charge is 0.299 e. The van der Waals surface area contributed by atoms with Crippen LogP contribution in [0.25, 0.3) is 0 Å². The van der Waals surface area contributed by atoms with Gasteiger partial charge in [0, 0.05) is 12.3 Å². The highest BCUT2D eigenvalue weighted by molar-refractivity contribution is 5.85. The van der Waals surface area contributed by atoms with E-state index in [1.54, 1.807) is 0 Å². The number of carbonyl (C=O) groups is 1. The van der Waals surface area contributed by atoms with Gasteiger partial charge in [-0.3, -0.25) is 4.79 Å². The van der Waals surface area contributed by atoms with E-state index in [2.05, 4.69) is 0 Å². The molecule has 3 rings (SSSR count). The van der Waals surface area contributed by atoms with Crippen LogP contribution in [0.15, 0.2) is 0 Å². The molecule has 0 N–H and O–H groups in total. The van der Waals surface area contributed by atoms with Gasteiger partial charge in [-0.1, -0.05) is 0 Å². The molecule has 0 heterocycles. The number of hydrogen-bond donors (Lipinski definition) is 0. The normalized spacial score (nSPS) is 56.6. The first-order valence-electron chi connectivity index (χ1n) is 4.39. The molecule has 0 aromatic heterocycles. The molecule has 0 aromatic rings. The number of ketones is 1. The monoisotopic (exact) mass is 136 g/mol. The van der Waals surface area contributed by atoms with Crippen molar-refractivity contribution in [1.82, 2.24) is 0 Å². The third kappa shape index (κ3) is 0.415. The van der Waals surface area contributed by atoms with Crippen LogP contribution in [0.1, 0.15) is 25.7 Å². The standard InChI is InChI=1S/C9H12O/c10-8-4-6-2-1-5-3-7(8)9(5)6/h5-7,9H,1-4H2. The first kappa shape index (κ1) is 5.34. The van der Waals surface area contributed by atoms with Crippen molar-refractivity contribution in [3.8, 4) is 0 Å². The Labute approximate surface area is 60.8 Å². The molecule has 0 spiro atoms. The van der Waals surface area contributed by atoms with Gasteiger partial charge in [-0.25, -0.2) is 0 Å². The maximum atomic E-state index is 11.2. The Bertz CT molecular complexity index is 197. The molecule has 4 unspecified atom stereocenters. The predicted molar refractivity (Wildman–Crippen MR) is 37.4 cm³/mol. The lowest BCUT2D eigenvalue weighted by Crippen LogP contribution is -2.34. The van der Waals surface area contributed by atoms with Gasteiger partial charge >= 0.3 is 0 Å². The molecular formula is C9H12O. The fourth-order valence-corrected chi connectivity index (χ4v) is 3.41. The molecule has 0 aromatic carbocycles. The quantitative estimate of drug-likeness (QED) is 0.494. The molecule has 3 aliphatic rings. The minimum absolute atomic E-state index is 0.539. The number of Topliss-reactive ketones (excluding diaryl/α,β-unsaturated/α-hetero) is 1. The van der Waals surface area contributed by atoms with E-state index in [4.69, 9.17) is 0 Å². The van der Waals surface area contributed by atoms with Gasteiger partial charge in [0.25, 0.3) is 0 Å². The second kappa shape index (κ2) is 1.46. The van der Waals surface area contributed by atoms with Crippen molar-refractivity contribution in [3.05, 3.63) is 0 Å². The number of rotatable bonds is 0. The van der Waals surface area contributed by atoms with Crippen LogP contribution < -0.4 is 0 Å². The number of hydrogen-bond acceptors (Lipinski definition) is 1. The second-order valence-corrected chi connectivity index (χ2v) is 4.19. The lowest BCUT2D eigenvalue weighted by molar-refractivity contribution is -0.125. The fraction of sp³-hybridized carbons (Fsp3) is 0.889. The van der Waals surface area contributed by atoms with E-state index in [0.29, 0.717) is 11.7 Å². The lowest BCUT2D eigenvalue weighted by Gasteiger charge is -2.36. The van der Waals surface area contributed by atoms with E-state index in [0.717, 1.165) is 24.2 Å². The van der Waals surface area contributed by atoms with Crippen molar-refractivity contribution in [2.24, 2.45) is 23.7 Å². The van der Waals surface area contributed by atoms with Crippen LogP contribution in [0.5, 0.6) is 0 Å². The topological polar surface area (TPSA) is 17.1 Å². The Morgan fingerprint density at radius 3 is 2.80 bits per heavy atom. The predicted octanol–water partition coefficient (Wildman–Crippen LogP) is 1.62. The Balaban J connectivity index is 1.98. The summed E-state index contributed by atoms with van der Waals surface area (Å²) in [5.74, 6) is 3.80. The third-order valence-electron chi connectivity index (χ3n) is 3.90. The summed E-state index contributed by atoms with van der Waals surface area (Å²) in [5.41, 5.74) is 0. The van der Waals surface area contributed by atoms with Gasteiger partial charge in [0.05, 0.1) is 0 Å². The first-order chi connectivity index (χ1) is 4.86. The van der Waals surface area contributed by atoms with E-state index in [-0.39, 0.29) is 0 Å². The van der Waals surface area contributed by atoms with Gasteiger partial charge in [0.2, 0.25) is 0 Å². The minimum Gasteiger partial charge on any atom is -0.299 e. The van der Waals surface area contributed by atoms with Crippen molar-refractivity contribution in [2.45, 2.75) is 25.7 Å². The summed E-state index contributed by atoms with van der Waals surface area (Å²) in [6, 6.07) is 0. The van der Waals surface area contributed by atoms with Crippen molar-refractivity contribution in [1.29, 1.82) is 0 Å². The molecule has 0 amide bonds. The molecule has 10 heavy (non-hydrogen) atoms. The van der Waals surface area contributed by atoms with Crippen molar-refractivity contribution >= 4 is 5.78 Å². The maximum Gasteiger partial charge on any atom is 0.136 e. The molecule has 3 fully saturated rings. The average Bonchev–Trinajstić information content (AvgIpc) is 2.14. The Morgan fingerprint density at radius 1 is 1.20 bits per heavy atom. The Morgan fingerprint density at radius 2 is 2.00 bits per heavy atom. The molecule has 0 aliphatic heterocycles. The zero-order valence-corrected chi connectivity index (χ0v) is 6.05. The highest BCUT2D eigenvalue weighted by atomic mass is 16.1. The van der Waals surface area contributed by atoms with E-state index in [9.17, 15) is 4.79 Å². The molecule has 0 bridgehead atoms. The summed E-state index contributed by atoms with van der Waals surface area (Å²) in [5, 5.41) is 0. The van der Waals surface area contributed by atoms with Crippen LogP contribution in [0.2, 0.25) is 0 Å². The second-order valence-electron chi connectivity index (χ2n) is 4.19. The summed E-state index contributed by atoms with van der Waals surface area (Å²) in [7, 11) is 0. The van der Waals surface area contributed by atoms with Gasteiger partial charge in [-0.05, 0) is 37.0 Å². The fourth-order valence-electron chi connectivity index (χ4n) is 3.41. The van der Waals surface area contributed by atoms with Crippen molar-refractivity contribution in [3.63, 3.8) is 0 Å².